The van der Waals surface area contributed by atoms with E-state index in [1.165, 1.54) is 37.6 Å². The summed E-state index contributed by atoms with van der Waals surface area (Å²) in [6.45, 7) is 4.35. The van der Waals surface area contributed by atoms with E-state index in [1.807, 2.05) is 0 Å². The minimum Gasteiger partial charge on any atom is -0.290 e. The molecule has 72 valence electrons. The Morgan fingerprint density at radius 2 is 2.17 bits per heavy atom. The van der Waals surface area contributed by atoms with E-state index in [-0.39, 0.29) is 0 Å². The van der Waals surface area contributed by atoms with Crippen LogP contribution in [0.25, 0.3) is 0 Å². The van der Waals surface area contributed by atoms with Crippen molar-refractivity contribution >= 4 is 17.6 Å². The molecule has 0 heterocycles. The first-order valence-corrected chi connectivity index (χ1v) is 5.57. The second kappa shape index (κ2) is 9.07. The molecule has 0 aromatic rings. The van der Waals surface area contributed by atoms with Crippen LogP contribution in [-0.2, 0) is 4.79 Å². The van der Waals surface area contributed by atoms with Crippen molar-refractivity contribution in [3.63, 3.8) is 0 Å². The molecule has 0 aliphatic rings. The van der Waals surface area contributed by atoms with Crippen molar-refractivity contribution in [1.82, 2.24) is 4.72 Å². The molecule has 0 saturated heterocycles. The molecule has 0 fully saturated rings. The molecule has 0 aliphatic carbocycles. The van der Waals surface area contributed by atoms with Crippen LogP contribution in [0.1, 0.15) is 46.0 Å². The number of carbonyl (C=O) groups excluding carboxylic acids is 1. The lowest BCUT2D eigenvalue weighted by Gasteiger charge is -2.13. The van der Waals surface area contributed by atoms with Gasteiger partial charge < -0.3 is 0 Å². The molecule has 0 aromatic carbocycles. The number of rotatable bonds is 8. The van der Waals surface area contributed by atoms with Crippen LogP contribution in [-0.4, -0.2) is 11.7 Å². The van der Waals surface area contributed by atoms with Gasteiger partial charge in [-0.25, -0.2) is 0 Å². The van der Waals surface area contributed by atoms with Gasteiger partial charge in [0, 0.05) is 6.04 Å². The van der Waals surface area contributed by atoms with Gasteiger partial charge >= 0.3 is 0 Å². The average Bonchev–Trinajstić information content (AvgIpc) is 2.11. The Kier molecular flexibility index (Phi) is 9.06. The van der Waals surface area contributed by atoms with E-state index in [0.717, 1.165) is 12.0 Å². The van der Waals surface area contributed by atoms with E-state index >= 15 is 0 Å². The fraction of sp³-hybridized carbons (Fsp3) is 0.889. The zero-order valence-electron chi connectivity index (χ0n) is 8.01. The molecule has 0 aliphatic heterocycles. The standard InChI is InChI=1S/C9H19NOS/c1-3-5-6-7-9(4-2)10-12-8-11/h8-10H,3-7H2,1-2H3. The fourth-order valence-corrected chi connectivity index (χ4v) is 1.64. The maximum Gasteiger partial charge on any atom is 0.191 e. The first-order chi connectivity index (χ1) is 5.85. The van der Waals surface area contributed by atoms with Crippen LogP contribution in [0.2, 0.25) is 0 Å². The first-order valence-electron chi connectivity index (χ1n) is 4.69. The van der Waals surface area contributed by atoms with Gasteiger partial charge in [0.25, 0.3) is 0 Å². The van der Waals surface area contributed by atoms with Crippen molar-refractivity contribution in [2.45, 2.75) is 52.0 Å². The second-order valence-electron chi connectivity index (χ2n) is 2.93. The van der Waals surface area contributed by atoms with Gasteiger partial charge in [0.2, 0.25) is 0 Å². The molecule has 0 bridgehead atoms. The number of nitrogens with one attached hydrogen (secondary N) is 1. The fourth-order valence-electron chi connectivity index (χ4n) is 1.11. The normalized spacial score (nSPS) is 12.8. The lowest BCUT2D eigenvalue weighted by Crippen LogP contribution is -2.21. The van der Waals surface area contributed by atoms with Crippen LogP contribution in [0.15, 0.2) is 0 Å². The summed E-state index contributed by atoms with van der Waals surface area (Å²) >= 11 is 1.17. The van der Waals surface area contributed by atoms with Crippen molar-refractivity contribution in [2.24, 2.45) is 0 Å². The van der Waals surface area contributed by atoms with Crippen LogP contribution in [0.4, 0.5) is 0 Å². The third kappa shape index (κ3) is 6.68. The van der Waals surface area contributed by atoms with Gasteiger partial charge in [-0.05, 0) is 24.8 Å². The highest BCUT2D eigenvalue weighted by molar-refractivity contribution is 8.10. The van der Waals surface area contributed by atoms with Gasteiger partial charge in [0.15, 0.2) is 5.62 Å². The van der Waals surface area contributed by atoms with E-state index < -0.39 is 0 Å². The summed E-state index contributed by atoms with van der Waals surface area (Å²) in [5.41, 5.74) is 0.850. The largest absolute Gasteiger partial charge is 0.290 e. The Balaban J connectivity index is 3.32. The van der Waals surface area contributed by atoms with Gasteiger partial charge in [0.05, 0.1) is 0 Å². The minimum atomic E-state index is 0.506. The predicted octanol–water partition coefficient (Wildman–Crippen LogP) is 2.77. The molecule has 1 atom stereocenters. The Hall–Kier alpha value is -0.0200. The zero-order valence-corrected chi connectivity index (χ0v) is 8.82. The summed E-state index contributed by atoms with van der Waals surface area (Å²) in [7, 11) is 0. The van der Waals surface area contributed by atoms with Crippen molar-refractivity contribution < 1.29 is 4.79 Å². The lowest BCUT2D eigenvalue weighted by atomic mass is 10.1. The van der Waals surface area contributed by atoms with Crippen molar-refractivity contribution in [2.75, 3.05) is 0 Å². The van der Waals surface area contributed by atoms with E-state index in [0.29, 0.717) is 6.04 Å². The van der Waals surface area contributed by atoms with Gasteiger partial charge in [-0.2, -0.15) is 0 Å². The average molecular weight is 189 g/mol. The van der Waals surface area contributed by atoms with Crippen LogP contribution < -0.4 is 4.72 Å². The quantitative estimate of drug-likeness (QED) is 0.361. The van der Waals surface area contributed by atoms with Gasteiger partial charge in [-0.1, -0.05) is 33.1 Å². The molecule has 0 aromatic heterocycles. The summed E-state index contributed by atoms with van der Waals surface area (Å²) in [4.78, 5) is 10.1. The third-order valence-corrected chi connectivity index (χ3v) is 2.50. The Morgan fingerprint density at radius 3 is 2.67 bits per heavy atom. The SMILES string of the molecule is CCCCCC(CC)NSC=O. The topological polar surface area (TPSA) is 29.1 Å². The van der Waals surface area contributed by atoms with Gasteiger partial charge in [0.1, 0.15) is 0 Å². The molecule has 12 heavy (non-hydrogen) atoms. The molecule has 0 amide bonds. The maximum absolute atomic E-state index is 10.1. The van der Waals surface area contributed by atoms with E-state index in [9.17, 15) is 4.79 Å². The summed E-state index contributed by atoms with van der Waals surface area (Å²) in [5, 5.41) is 0. The lowest BCUT2D eigenvalue weighted by molar-refractivity contribution is 0.523. The minimum absolute atomic E-state index is 0.506. The number of carbonyl (C=O) groups is 1. The van der Waals surface area contributed by atoms with Crippen molar-refractivity contribution in [1.29, 1.82) is 0 Å². The number of hydrogen-bond donors (Lipinski definition) is 1. The predicted molar refractivity (Wildman–Crippen MR) is 55.7 cm³/mol. The third-order valence-electron chi connectivity index (χ3n) is 1.93. The Labute approximate surface area is 79.6 Å². The monoisotopic (exact) mass is 189 g/mol. The molecule has 1 N–H and O–H groups in total. The van der Waals surface area contributed by atoms with E-state index in [1.54, 1.807) is 0 Å². The van der Waals surface area contributed by atoms with Crippen molar-refractivity contribution in [3.8, 4) is 0 Å². The highest BCUT2D eigenvalue weighted by atomic mass is 32.2. The molecular weight excluding hydrogens is 170 g/mol. The first kappa shape index (κ1) is 12.0. The molecule has 0 rings (SSSR count). The van der Waals surface area contributed by atoms with Gasteiger partial charge in [-0.15, -0.1) is 0 Å². The van der Waals surface area contributed by atoms with Crippen LogP contribution in [0.5, 0.6) is 0 Å². The summed E-state index contributed by atoms with van der Waals surface area (Å²) in [6.07, 6.45) is 6.11. The molecule has 0 saturated carbocycles. The summed E-state index contributed by atoms with van der Waals surface area (Å²) in [6, 6.07) is 0.506. The number of hydrogen-bond acceptors (Lipinski definition) is 3. The molecule has 1 unspecified atom stereocenters. The molecular formula is C9H19NOS. The maximum atomic E-state index is 10.1. The van der Waals surface area contributed by atoms with Crippen LogP contribution >= 0.6 is 11.9 Å². The van der Waals surface area contributed by atoms with Crippen LogP contribution in [0, 0.1) is 0 Å². The smallest absolute Gasteiger partial charge is 0.191 e. The molecule has 3 heteroatoms. The molecule has 0 spiro atoms. The van der Waals surface area contributed by atoms with E-state index in [4.69, 9.17) is 0 Å². The molecule has 2 nitrogen and oxygen atoms in total. The second-order valence-corrected chi connectivity index (χ2v) is 3.60. The van der Waals surface area contributed by atoms with Crippen LogP contribution in [0.3, 0.4) is 0 Å². The highest BCUT2D eigenvalue weighted by Crippen LogP contribution is 2.08. The summed E-state index contributed by atoms with van der Waals surface area (Å²) < 4.78 is 3.13. The van der Waals surface area contributed by atoms with Gasteiger partial charge in [-0.3, -0.25) is 9.52 Å². The van der Waals surface area contributed by atoms with E-state index in [2.05, 4.69) is 18.6 Å². The summed E-state index contributed by atoms with van der Waals surface area (Å²) in [5.74, 6) is 0. The molecule has 0 radical (unpaired) electrons. The van der Waals surface area contributed by atoms with Crippen molar-refractivity contribution in [3.05, 3.63) is 0 Å². The Bertz CT molecular complexity index is 109. The Morgan fingerprint density at radius 1 is 1.42 bits per heavy atom. The zero-order chi connectivity index (χ0) is 9.23. The number of unbranched alkanes of at least 4 members (excludes halogenated alkanes) is 2. The highest BCUT2D eigenvalue weighted by Gasteiger charge is 2.03.